The van der Waals surface area contributed by atoms with Gasteiger partial charge in [0.05, 0.1) is 17.3 Å². The smallest absolute Gasteiger partial charge is 0.231 e. The molecule has 3 rings (SSSR count). The van der Waals surface area contributed by atoms with Gasteiger partial charge in [-0.1, -0.05) is 29.8 Å². The van der Waals surface area contributed by atoms with Crippen LogP contribution in [0.25, 0.3) is 11.3 Å². The Morgan fingerprint density at radius 1 is 1.08 bits per heavy atom. The molecule has 126 valence electrons. The van der Waals surface area contributed by atoms with Crippen LogP contribution in [0.1, 0.15) is 6.42 Å². The second-order valence-electron chi connectivity index (χ2n) is 5.84. The van der Waals surface area contributed by atoms with Crippen LogP contribution in [0.4, 0.5) is 5.82 Å². The van der Waals surface area contributed by atoms with Gasteiger partial charge in [-0.25, -0.2) is 0 Å². The minimum atomic E-state index is -0.285. The summed E-state index contributed by atoms with van der Waals surface area (Å²) in [6.45, 7) is 3.65. The molecule has 1 aliphatic rings. The number of carbonyl (C=O) groups excluding carboxylic acids is 1. The fourth-order valence-corrected chi connectivity index (χ4v) is 3.12. The number of carbonyl (C=O) groups is 1. The summed E-state index contributed by atoms with van der Waals surface area (Å²) in [4.78, 5) is 15.3. The molecule has 1 aliphatic heterocycles. The molecule has 1 amide bonds. The van der Waals surface area contributed by atoms with Gasteiger partial charge >= 0.3 is 0 Å². The van der Waals surface area contributed by atoms with E-state index in [1.54, 1.807) is 0 Å². The van der Waals surface area contributed by atoms with Crippen molar-refractivity contribution in [2.75, 3.05) is 37.6 Å². The van der Waals surface area contributed by atoms with E-state index < -0.39 is 0 Å². The van der Waals surface area contributed by atoms with Crippen LogP contribution < -0.4 is 10.6 Å². The lowest BCUT2D eigenvalue weighted by Crippen LogP contribution is -2.36. The number of rotatable bonds is 4. The zero-order valence-electron chi connectivity index (χ0n) is 13.4. The predicted molar refractivity (Wildman–Crippen MR) is 94.9 cm³/mol. The topological polar surface area (TPSA) is 75.4 Å². The molecule has 0 saturated carbocycles. The highest BCUT2D eigenvalue weighted by atomic mass is 35.5. The molecular formula is C17H20ClN5O. The Labute approximate surface area is 146 Å². The van der Waals surface area contributed by atoms with Gasteiger partial charge in [0, 0.05) is 31.7 Å². The van der Waals surface area contributed by atoms with Crippen molar-refractivity contribution in [3.8, 4) is 11.3 Å². The molecule has 6 nitrogen and oxygen atoms in total. The maximum Gasteiger partial charge on any atom is 0.231 e. The summed E-state index contributed by atoms with van der Waals surface area (Å²) < 4.78 is 0. The third-order valence-electron chi connectivity index (χ3n) is 4.09. The maximum absolute atomic E-state index is 11.1. The summed E-state index contributed by atoms with van der Waals surface area (Å²) in [5.74, 6) is 0.555. The van der Waals surface area contributed by atoms with Gasteiger partial charge in [-0.3, -0.25) is 9.69 Å². The highest BCUT2D eigenvalue weighted by Crippen LogP contribution is 2.26. The first-order valence-electron chi connectivity index (χ1n) is 7.98. The number of hydrogen-bond donors (Lipinski definition) is 1. The van der Waals surface area contributed by atoms with Crippen molar-refractivity contribution in [1.29, 1.82) is 0 Å². The average molecular weight is 346 g/mol. The number of amides is 1. The van der Waals surface area contributed by atoms with Crippen molar-refractivity contribution in [2.24, 2.45) is 5.73 Å². The average Bonchev–Trinajstić information content (AvgIpc) is 2.81. The molecule has 2 N–H and O–H groups in total. The third kappa shape index (κ3) is 4.01. The quantitative estimate of drug-likeness (QED) is 0.914. The number of halogens is 1. The number of hydrogen-bond acceptors (Lipinski definition) is 5. The Bertz CT molecular complexity index is 706. The van der Waals surface area contributed by atoms with Crippen molar-refractivity contribution in [3.05, 3.63) is 41.4 Å². The molecular weight excluding hydrogens is 326 g/mol. The fraction of sp³-hybridized carbons (Fsp3) is 0.353. The van der Waals surface area contributed by atoms with Gasteiger partial charge in [-0.2, -0.15) is 0 Å². The van der Waals surface area contributed by atoms with E-state index in [9.17, 15) is 4.79 Å². The van der Waals surface area contributed by atoms with Crippen molar-refractivity contribution < 1.29 is 4.79 Å². The molecule has 1 aromatic carbocycles. The second kappa shape index (κ2) is 7.59. The molecule has 0 bridgehead atoms. The van der Waals surface area contributed by atoms with Crippen molar-refractivity contribution in [3.63, 3.8) is 0 Å². The van der Waals surface area contributed by atoms with Crippen molar-refractivity contribution >= 4 is 23.3 Å². The molecule has 0 atom stereocenters. The molecule has 2 aromatic rings. The number of anilines is 1. The van der Waals surface area contributed by atoms with E-state index >= 15 is 0 Å². The third-order valence-corrected chi connectivity index (χ3v) is 4.42. The molecule has 2 heterocycles. The first kappa shape index (κ1) is 16.7. The Morgan fingerprint density at radius 2 is 1.92 bits per heavy atom. The van der Waals surface area contributed by atoms with Crippen molar-refractivity contribution in [1.82, 2.24) is 15.1 Å². The van der Waals surface area contributed by atoms with Crippen LogP contribution in [-0.2, 0) is 4.79 Å². The molecule has 24 heavy (non-hydrogen) atoms. The van der Waals surface area contributed by atoms with E-state index in [0.717, 1.165) is 49.7 Å². The van der Waals surface area contributed by atoms with Gasteiger partial charge < -0.3 is 10.6 Å². The second-order valence-corrected chi connectivity index (χ2v) is 6.25. The van der Waals surface area contributed by atoms with E-state index in [2.05, 4.69) is 20.0 Å². The summed E-state index contributed by atoms with van der Waals surface area (Å²) in [6.07, 6.45) is 0.960. The highest BCUT2D eigenvalue weighted by Gasteiger charge is 2.17. The minimum absolute atomic E-state index is 0.285. The maximum atomic E-state index is 11.1. The molecule has 1 aromatic heterocycles. The summed E-state index contributed by atoms with van der Waals surface area (Å²) in [5.41, 5.74) is 6.91. The zero-order chi connectivity index (χ0) is 16.9. The van der Waals surface area contributed by atoms with E-state index in [4.69, 9.17) is 17.3 Å². The molecule has 1 fully saturated rings. The number of aromatic nitrogens is 2. The van der Waals surface area contributed by atoms with Gasteiger partial charge in [0.1, 0.15) is 0 Å². The summed E-state index contributed by atoms with van der Waals surface area (Å²) in [6, 6.07) is 11.5. The Morgan fingerprint density at radius 3 is 2.62 bits per heavy atom. The lowest BCUT2D eigenvalue weighted by atomic mass is 10.1. The van der Waals surface area contributed by atoms with Crippen LogP contribution in [0, 0.1) is 0 Å². The first-order chi connectivity index (χ1) is 11.6. The van der Waals surface area contributed by atoms with Crippen LogP contribution >= 0.6 is 11.6 Å². The van der Waals surface area contributed by atoms with E-state index in [1.807, 2.05) is 36.4 Å². The van der Waals surface area contributed by atoms with Gasteiger partial charge in [-0.15, -0.1) is 10.2 Å². The van der Waals surface area contributed by atoms with Gasteiger partial charge in [-0.05, 0) is 24.6 Å². The fourth-order valence-electron chi connectivity index (χ4n) is 2.88. The van der Waals surface area contributed by atoms with E-state index in [-0.39, 0.29) is 5.91 Å². The lowest BCUT2D eigenvalue weighted by molar-refractivity contribution is -0.119. The first-order valence-corrected chi connectivity index (χ1v) is 8.35. The Kier molecular flexibility index (Phi) is 5.27. The van der Waals surface area contributed by atoms with Gasteiger partial charge in [0.2, 0.25) is 5.91 Å². The van der Waals surface area contributed by atoms with Gasteiger partial charge in [0.25, 0.3) is 0 Å². The lowest BCUT2D eigenvalue weighted by Gasteiger charge is -2.21. The predicted octanol–water partition coefficient (Wildman–Crippen LogP) is 1.79. The van der Waals surface area contributed by atoms with E-state index in [1.165, 1.54) is 0 Å². The highest BCUT2D eigenvalue weighted by molar-refractivity contribution is 6.33. The number of benzene rings is 1. The molecule has 0 unspecified atom stereocenters. The molecule has 0 radical (unpaired) electrons. The number of primary amides is 1. The van der Waals surface area contributed by atoms with Crippen molar-refractivity contribution in [2.45, 2.75) is 6.42 Å². The summed E-state index contributed by atoms with van der Waals surface area (Å²) >= 11 is 6.20. The monoisotopic (exact) mass is 345 g/mol. The largest absolute Gasteiger partial charge is 0.369 e. The van der Waals surface area contributed by atoms with E-state index in [0.29, 0.717) is 11.6 Å². The summed E-state index contributed by atoms with van der Waals surface area (Å²) in [5, 5.41) is 9.34. The Balaban J connectivity index is 1.70. The number of nitrogens with zero attached hydrogens (tertiary/aromatic N) is 4. The van der Waals surface area contributed by atoms with Crippen LogP contribution in [-0.4, -0.2) is 53.7 Å². The SMILES string of the molecule is NC(=O)CN1CCCN(c2ccc(-c3ccccc3Cl)nn2)CC1. The summed E-state index contributed by atoms with van der Waals surface area (Å²) in [7, 11) is 0. The van der Waals surface area contributed by atoms with Crippen LogP contribution in [0.2, 0.25) is 5.02 Å². The minimum Gasteiger partial charge on any atom is -0.369 e. The van der Waals surface area contributed by atoms with Crippen LogP contribution in [0.15, 0.2) is 36.4 Å². The Hall–Kier alpha value is -2.18. The molecule has 0 spiro atoms. The molecule has 1 saturated heterocycles. The van der Waals surface area contributed by atoms with Gasteiger partial charge in [0.15, 0.2) is 5.82 Å². The van der Waals surface area contributed by atoms with Crippen LogP contribution in [0.5, 0.6) is 0 Å². The number of nitrogens with two attached hydrogens (primary N) is 1. The van der Waals surface area contributed by atoms with Crippen LogP contribution in [0.3, 0.4) is 0 Å². The molecule has 0 aliphatic carbocycles. The zero-order valence-corrected chi connectivity index (χ0v) is 14.1. The normalized spacial score (nSPS) is 16.0. The standard InChI is InChI=1S/C17H20ClN5O/c18-14-5-2-1-4-13(14)15-6-7-17(21-20-15)23-9-3-8-22(10-11-23)12-16(19)24/h1-2,4-7H,3,8-12H2,(H2,19,24). The molecule has 7 heteroatoms.